The highest BCUT2D eigenvalue weighted by molar-refractivity contribution is 7.88. The third kappa shape index (κ3) is 6.62. The molecule has 2 rings (SSSR count). The Labute approximate surface area is 180 Å². The molecule has 0 heterocycles. The Morgan fingerprint density at radius 2 is 1.59 bits per heavy atom. The van der Waals surface area contributed by atoms with E-state index in [0.717, 1.165) is 5.56 Å². The predicted octanol–water partition coefficient (Wildman–Crippen LogP) is 4.78. The number of nitrogens with one attached hydrogen (secondary N) is 1. The van der Waals surface area contributed by atoms with Crippen molar-refractivity contribution in [1.82, 2.24) is 5.32 Å². The summed E-state index contributed by atoms with van der Waals surface area (Å²) in [4.78, 5) is 12.5. The van der Waals surface area contributed by atoms with Crippen molar-refractivity contribution in [2.75, 3.05) is 0 Å². The summed E-state index contributed by atoms with van der Waals surface area (Å²) in [5.41, 5.74) is -6.76. The molecule has 2 aromatic rings. The first-order valence-electron chi connectivity index (χ1n) is 9.17. The topological polar surface area (TPSA) is 72.5 Å². The molecule has 1 amide bonds. The standard InChI is InChI=1S/C20H19F6NO4S/c1-12(8-14-6-4-3-5-7-14)27-18(28)13(2)15-9-16(19(21,22)23)11-17(10-15)31-32(29,30)20(24,25)26/h3-7,9-13H,8H2,1-2H3,(H,27,28)/t12-,13+/m1/s1. The highest BCUT2D eigenvalue weighted by Crippen LogP contribution is 2.36. The van der Waals surface area contributed by atoms with Gasteiger partial charge in [0.1, 0.15) is 5.75 Å². The van der Waals surface area contributed by atoms with Crippen LogP contribution in [-0.2, 0) is 27.5 Å². The number of hydrogen-bond acceptors (Lipinski definition) is 4. The molecule has 0 saturated carbocycles. The van der Waals surface area contributed by atoms with Gasteiger partial charge in [-0.1, -0.05) is 30.3 Å². The van der Waals surface area contributed by atoms with Gasteiger partial charge in [0, 0.05) is 6.04 Å². The van der Waals surface area contributed by atoms with Crippen LogP contribution in [0.5, 0.6) is 5.75 Å². The maximum atomic E-state index is 13.2. The third-order valence-corrected chi connectivity index (χ3v) is 5.39. The van der Waals surface area contributed by atoms with Gasteiger partial charge in [-0.2, -0.15) is 34.8 Å². The van der Waals surface area contributed by atoms with Crippen LogP contribution >= 0.6 is 0 Å². The number of alkyl halides is 6. The average molecular weight is 483 g/mol. The lowest BCUT2D eigenvalue weighted by Crippen LogP contribution is -2.36. The van der Waals surface area contributed by atoms with Crippen LogP contribution in [0.25, 0.3) is 0 Å². The molecular weight excluding hydrogens is 464 g/mol. The minimum absolute atomic E-state index is 0.120. The molecule has 176 valence electrons. The van der Waals surface area contributed by atoms with Crippen molar-refractivity contribution in [2.24, 2.45) is 0 Å². The molecular formula is C20H19F6NO4S. The monoisotopic (exact) mass is 483 g/mol. The van der Waals surface area contributed by atoms with Gasteiger partial charge in [-0.3, -0.25) is 4.79 Å². The highest BCUT2D eigenvalue weighted by atomic mass is 32.2. The second-order valence-electron chi connectivity index (χ2n) is 7.09. The van der Waals surface area contributed by atoms with Gasteiger partial charge in [-0.25, -0.2) is 0 Å². The summed E-state index contributed by atoms with van der Waals surface area (Å²) in [5, 5.41) is 2.62. The van der Waals surface area contributed by atoms with E-state index in [-0.39, 0.29) is 11.6 Å². The van der Waals surface area contributed by atoms with Crippen molar-refractivity contribution in [3.8, 4) is 5.75 Å². The fourth-order valence-corrected chi connectivity index (χ4v) is 3.24. The Morgan fingerprint density at radius 3 is 2.12 bits per heavy atom. The molecule has 12 heteroatoms. The summed E-state index contributed by atoms with van der Waals surface area (Å²) in [6.45, 7) is 2.91. The molecule has 5 nitrogen and oxygen atoms in total. The van der Waals surface area contributed by atoms with Gasteiger partial charge >= 0.3 is 21.8 Å². The molecule has 0 bridgehead atoms. The first kappa shape index (κ1) is 25.5. The molecule has 0 fully saturated rings. The van der Waals surface area contributed by atoms with Crippen molar-refractivity contribution in [3.05, 3.63) is 65.2 Å². The van der Waals surface area contributed by atoms with E-state index in [1.54, 1.807) is 25.1 Å². The number of rotatable bonds is 7. The zero-order valence-corrected chi connectivity index (χ0v) is 17.6. The molecule has 32 heavy (non-hydrogen) atoms. The lowest BCUT2D eigenvalue weighted by Gasteiger charge is -2.20. The van der Waals surface area contributed by atoms with Gasteiger partial charge in [0.05, 0.1) is 11.5 Å². The summed E-state index contributed by atoms with van der Waals surface area (Å²) in [6.07, 6.45) is -4.59. The van der Waals surface area contributed by atoms with Crippen LogP contribution in [-0.4, -0.2) is 25.9 Å². The molecule has 0 saturated heterocycles. The van der Waals surface area contributed by atoms with Gasteiger partial charge in [0.2, 0.25) is 5.91 Å². The highest BCUT2D eigenvalue weighted by Gasteiger charge is 2.48. The molecule has 0 unspecified atom stereocenters. The molecule has 0 aliphatic carbocycles. The van der Waals surface area contributed by atoms with E-state index in [2.05, 4.69) is 9.50 Å². The maximum Gasteiger partial charge on any atom is 0.534 e. The van der Waals surface area contributed by atoms with Gasteiger partial charge in [-0.15, -0.1) is 0 Å². The van der Waals surface area contributed by atoms with Gasteiger partial charge in [-0.05, 0) is 49.6 Å². The van der Waals surface area contributed by atoms with Crippen molar-refractivity contribution in [3.63, 3.8) is 0 Å². The van der Waals surface area contributed by atoms with E-state index in [4.69, 9.17) is 0 Å². The Kier molecular flexibility index (Phi) is 7.48. The summed E-state index contributed by atoms with van der Waals surface area (Å²) in [7, 11) is -6.20. The number of carbonyl (C=O) groups excluding carboxylic acids is 1. The number of halogens is 6. The van der Waals surface area contributed by atoms with E-state index in [1.165, 1.54) is 6.92 Å². The average Bonchev–Trinajstić information content (AvgIpc) is 2.65. The van der Waals surface area contributed by atoms with Gasteiger partial charge < -0.3 is 9.50 Å². The van der Waals surface area contributed by atoms with E-state index in [9.17, 15) is 39.6 Å². The minimum Gasteiger partial charge on any atom is -0.376 e. The summed E-state index contributed by atoms with van der Waals surface area (Å²) in [5.74, 6) is -3.15. The largest absolute Gasteiger partial charge is 0.534 e. The lowest BCUT2D eigenvalue weighted by molar-refractivity contribution is -0.137. The first-order chi connectivity index (χ1) is 14.6. The Balaban J connectivity index is 2.29. The smallest absolute Gasteiger partial charge is 0.376 e. The SMILES string of the molecule is C[C@H](Cc1ccccc1)NC(=O)[C@@H](C)c1cc(OS(=O)(=O)C(F)(F)F)cc(C(F)(F)F)c1. The summed E-state index contributed by atoms with van der Waals surface area (Å²) >= 11 is 0. The number of carbonyl (C=O) groups is 1. The van der Waals surface area contributed by atoms with E-state index < -0.39 is 51.0 Å². The van der Waals surface area contributed by atoms with Crippen LogP contribution < -0.4 is 9.50 Å². The van der Waals surface area contributed by atoms with Crippen LogP contribution in [0.1, 0.15) is 36.5 Å². The minimum atomic E-state index is -6.20. The molecule has 2 aromatic carbocycles. The van der Waals surface area contributed by atoms with Crippen LogP contribution in [0.3, 0.4) is 0 Å². The Morgan fingerprint density at radius 1 is 1.00 bits per heavy atom. The molecule has 0 radical (unpaired) electrons. The van der Waals surface area contributed by atoms with E-state index >= 15 is 0 Å². The fourth-order valence-electron chi connectivity index (χ4n) is 2.80. The number of benzene rings is 2. The zero-order valence-electron chi connectivity index (χ0n) is 16.8. The first-order valence-corrected chi connectivity index (χ1v) is 10.6. The second-order valence-corrected chi connectivity index (χ2v) is 8.63. The lowest BCUT2D eigenvalue weighted by atomic mass is 9.97. The summed E-state index contributed by atoms with van der Waals surface area (Å²) in [6, 6.07) is 9.98. The number of hydrogen-bond donors (Lipinski definition) is 1. The third-order valence-electron chi connectivity index (χ3n) is 4.41. The molecule has 0 aliphatic rings. The summed E-state index contributed by atoms with van der Waals surface area (Å²) < 4.78 is 104. The normalized spacial score (nSPS) is 14.5. The van der Waals surface area contributed by atoms with Crippen molar-refractivity contribution in [2.45, 2.75) is 43.9 Å². The quantitative estimate of drug-likeness (QED) is 0.350. The maximum absolute atomic E-state index is 13.2. The predicted molar refractivity (Wildman–Crippen MR) is 103 cm³/mol. The second kappa shape index (κ2) is 9.39. The van der Waals surface area contributed by atoms with Crippen LogP contribution in [0.2, 0.25) is 0 Å². The molecule has 0 aliphatic heterocycles. The van der Waals surface area contributed by atoms with E-state index in [1.807, 2.05) is 12.1 Å². The van der Waals surface area contributed by atoms with Crippen LogP contribution in [0.4, 0.5) is 26.3 Å². The number of amides is 1. The molecule has 0 aromatic heterocycles. The van der Waals surface area contributed by atoms with Gasteiger partial charge in [0.25, 0.3) is 0 Å². The molecule has 0 spiro atoms. The molecule has 1 N–H and O–H groups in total. The Bertz CT molecular complexity index is 1050. The fraction of sp³-hybridized carbons (Fsp3) is 0.350. The Hall–Kier alpha value is -2.76. The van der Waals surface area contributed by atoms with Crippen molar-refractivity contribution >= 4 is 16.0 Å². The van der Waals surface area contributed by atoms with Crippen molar-refractivity contribution < 1.29 is 43.7 Å². The van der Waals surface area contributed by atoms with Crippen molar-refractivity contribution in [1.29, 1.82) is 0 Å². The van der Waals surface area contributed by atoms with E-state index in [0.29, 0.717) is 18.6 Å². The zero-order chi connectivity index (χ0) is 24.3. The van der Waals surface area contributed by atoms with Crippen LogP contribution in [0, 0.1) is 0 Å². The molecule has 2 atom stereocenters. The van der Waals surface area contributed by atoms with Crippen LogP contribution in [0.15, 0.2) is 48.5 Å². The van der Waals surface area contributed by atoms with Gasteiger partial charge in [0.15, 0.2) is 0 Å².